The van der Waals surface area contributed by atoms with Gasteiger partial charge in [0.25, 0.3) is 5.91 Å². The first kappa shape index (κ1) is 20.1. The van der Waals surface area contributed by atoms with Gasteiger partial charge in [-0.05, 0) is 37.1 Å². The molecule has 0 unspecified atom stereocenters. The van der Waals surface area contributed by atoms with E-state index in [-0.39, 0.29) is 24.1 Å². The van der Waals surface area contributed by atoms with Crippen LogP contribution in [0, 0.1) is 0 Å². The Labute approximate surface area is 157 Å². The second-order valence-corrected chi connectivity index (χ2v) is 6.02. The number of carboxylic acids is 1. The van der Waals surface area contributed by atoms with E-state index < -0.39 is 5.97 Å². The maximum atomic E-state index is 12.5. The molecule has 0 saturated carbocycles. The number of carboxylic acid groups (broad SMARTS) is 1. The van der Waals surface area contributed by atoms with Gasteiger partial charge in [0.15, 0.2) is 5.69 Å². The number of carbonyl (C=O) groups is 3. The first-order chi connectivity index (χ1) is 12.9. The number of carbonyl (C=O) groups excluding carboxylic acids is 2. The van der Waals surface area contributed by atoms with Crippen molar-refractivity contribution in [2.75, 3.05) is 18.4 Å². The number of rotatable bonds is 9. The van der Waals surface area contributed by atoms with Crippen molar-refractivity contribution in [1.29, 1.82) is 0 Å². The Hall–Kier alpha value is -3.23. The maximum absolute atomic E-state index is 12.5. The highest BCUT2D eigenvalue weighted by Gasteiger charge is 2.15. The van der Waals surface area contributed by atoms with Gasteiger partial charge in [-0.1, -0.05) is 19.1 Å². The lowest BCUT2D eigenvalue weighted by Gasteiger charge is -2.21. The molecule has 2 amide bonds. The molecule has 0 aliphatic heterocycles. The van der Waals surface area contributed by atoms with Crippen molar-refractivity contribution in [3.05, 3.63) is 41.7 Å². The predicted octanol–water partition coefficient (Wildman–Crippen LogP) is 1.88. The Morgan fingerprint density at radius 3 is 2.26 bits per heavy atom. The van der Waals surface area contributed by atoms with E-state index in [4.69, 9.17) is 5.11 Å². The van der Waals surface area contributed by atoms with Crippen molar-refractivity contribution in [3.8, 4) is 0 Å². The standard InChI is InChI=1S/C18H23N5O4/c1-3-9-22(10-4-2)17(25)13-5-7-14(8-6-13)19-16(24)12-23-11-15(18(26)27)20-21-23/h5-8,11H,3-4,9-10,12H2,1-2H3,(H,19,24)(H,26,27). The molecule has 0 aliphatic rings. The fourth-order valence-corrected chi connectivity index (χ4v) is 2.55. The summed E-state index contributed by atoms with van der Waals surface area (Å²) in [5.74, 6) is -1.61. The van der Waals surface area contributed by atoms with Crippen LogP contribution in [0.4, 0.5) is 5.69 Å². The van der Waals surface area contributed by atoms with Crippen molar-refractivity contribution < 1.29 is 19.5 Å². The number of hydrogen-bond acceptors (Lipinski definition) is 5. The molecule has 1 aromatic carbocycles. The molecule has 0 saturated heterocycles. The highest BCUT2D eigenvalue weighted by atomic mass is 16.4. The van der Waals surface area contributed by atoms with Gasteiger partial charge in [0.1, 0.15) is 6.54 Å². The third-order valence-corrected chi connectivity index (χ3v) is 3.75. The third-order valence-electron chi connectivity index (χ3n) is 3.75. The first-order valence-electron chi connectivity index (χ1n) is 8.77. The number of amides is 2. The molecule has 0 bridgehead atoms. The van der Waals surface area contributed by atoms with Gasteiger partial charge >= 0.3 is 5.97 Å². The molecule has 1 aromatic heterocycles. The summed E-state index contributed by atoms with van der Waals surface area (Å²) in [6, 6.07) is 6.67. The lowest BCUT2D eigenvalue weighted by molar-refractivity contribution is -0.116. The van der Waals surface area contributed by atoms with Crippen LogP contribution in [0.2, 0.25) is 0 Å². The average molecular weight is 373 g/mol. The molecule has 27 heavy (non-hydrogen) atoms. The fraction of sp³-hybridized carbons (Fsp3) is 0.389. The van der Waals surface area contributed by atoms with Gasteiger partial charge in [-0.2, -0.15) is 0 Å². The van der Waals surface area contributed by atoms with Crippen molar-refractivity contribution in [2.24, 2.45) is 0 Å². The van der Waals surface area contributed by atoms with Gasteiger partial charge in [-0.3, -0.25) is 9.59 Å². The van der Waals surface area contributed by atoms with E-state index in [0.717, 1.165) is 17.5 Å². The minimum absolute atomic E-state index is 0.0274. The number of nitrogens with one attached hydrogen (secondary N) is 1. The molecular formula is C18H23N5O4. The predicted molar refractivity (Wildman–Crippen MR) is 98.5 cm³/mol. The normalized spacial score (nSPS) is 10.4. The van der Waals surface area contributed by atoms with Gasteiger partial charge in [-0.25, -0.2) is 9.48 Å². The van der Waals surface area contributed by atoms with E-state index in [2.05, 4.69) is 15.6 Å². The van der Waals surface area contributed by atoms with E-state index in [0.29, 0.717) is 24.3 Å². The van der Waals surface area contributed by atoms with Crippen LogP contribution in [0.5, 0.6) is 0 Å². The van der Waals surface area contributed by atoms with Crippen molar-refractivity contribution >= 4 is 23.5 Å². The fourth-order valence-electron chi connectivity index (χ4n) is 2.55. The topological polar surface area (TPSA) is 117 Å². The molecule has 0 radical (unpaired) electrons. The third kappa shape index (κ3) is 5.63. The second-order valence-electron chi connectivity index (χ2n) is 6.02. The highest BCUT2D eigenvalue weighted by molar-refractivity contribution is 5.95. The Morgan fingerprint density at radius 1 is 1.11 bits per heavy atom. The van der Waals surface area contributed by atoms with Crippen molar-refractivity contribution in [1.82, 2.24) is 19.9 Å². The summed E-state index contributed by atoms with van der Waals surface area (Å²) in [6.45, 7) is 5.32. The zero-order valence-corrected chi connectivity index (χ0v) is 15.4. The molecule has 0 atom stereocenters. The van der Waals surface area contributed by atoms with Gasteiger partial charge < -0.3 is 15.3 Å². The molecule has 9 heteroatoms. The van der Waals surface area contributed by atoms with Crippen LogP contribution < -0.4 is 5.32 Å². The number of anilines is 1. The van der Waals surface area contributed by atoms with Gasteiger partial charge in [-0.15, -0.1) is 5.10 Å². The summed E-state index contributed by atoms with van der Waals surface area (Å²) in [5, 5.41) is 18.5. The van der Waals surface area contributed by atoms with Crippen LogP contribution in [0.25, 0.3) is 0 Å². The highest BCUT2D eigenvalue weighted by Crippen LogP contribution is 2.12. The van der Waals surface area contributed by atoms with Crippen LogP contribution in [0.3, 0.4) is 0 Å². The summed E-state index contributed by atoms with van der Waals surface area (Å²) in [7, 11) is 0. The number of aromatic carboxylic acids is 1. The summed E-state index contributed by atoms with van der Waals surface area (Å²) in [4.78, 5) is 37.1. The lowest BCUT2D eigenvalue weighted by Crippen LogP contribution is -2.32. The van der Waals surface area contributed by atoms with Crippen LogP contribution in [-0.2, 0) is 11.3 Å². The molecule has 144 valence electrons. The Bertz CT molecular complexity index is 794. The summed E-state index contributed by atoms with van der Waals surface area (Å²) in [5.41, 5.74) is 0.874. The van der Waals surface area contributed by atoms with Crippen LogP contribution in [0.15, 0.2) is 30.5 Å². The van der Waals surface area contributed by atoms with Gasteiger partial charge in [0, 0.05) is 24.3 Å². The van der Waals surface area contributed by atoms with Crippen LogP contribution in [0.1, 0.15) is 47.5 Å². The Morgan fingerprint density at radius 2 is 1.74 bits per heavy atom. The van der Waals surface area contributed by atoms with E-state index >= 15 is 0 Å². The SMILES string of the molecule is CCCN(CCC)C(=O)c1ccc(NC(=O)Cn2cc(C(=O)O)nn2)cc1. The summed E-state index contributed by atoms with van der Waals surface area (Å²) in [6.07, 6.45) is 2.97. The van der Waals surface area contributed by atoms with E-state index in [9.17, 15) is 14.4 Å². The van der Waals surface area contributed by atoms with Crippen molar-refractivity contribution in [2.45, 2.75) is 33.2 Å². The van der Waals surface area contributed by atoms with E-state index in [1.807, 2.05) is 18.7 Å². The first-order valence-corrected chi connectivity index (χ1v) is 8.77. The molecule has 0 spiro atoms. The lowest BCUT2D eigenvalue weighted by atomic mass is 10.1. The summed E-state index contributed by atoms with van der Waals surface area (Å²) >= 11 is 0. The second kappa shape index (κ2) is 9.46. The van der Waals surface area contributed by atoms with E-state index in [1.165, 1.54) is 6.20 Å². The van der Waals surface area contributed by atoms with Gasteiger partial charge in [0.2, 0.25) is 5.91 Å². The molecule has 9 nitrogen and oxygen atoms in total. The van der Waals surface area contributed by atoms with Crippen LogP contribution in [-0.4, -0.2) is 55.9 Å². The molecular weight excluding hydrogens is 350 g/mol. The number of aromatic nitrogens is 3. The Balaban J connectivity index is 1.96. The zero-order valence-electron chi connectivity index (χ0n) is 15.4. The van der Waals surface area contributed by atoms with Crippen molar-refractivity contribution in [3.63, 3.8) is 0 Å². The Kier molecular flexibility index (Phi) is 7.04. The largest absolute Gasteiger partial charge is 0.476 e. The number of nitrogens with zero attached hydrogens (tertiary/aromatic N) is 4. The van der Waals surface area contributed by atoms with E-state index in [1.54, 1.807) is 24.3 Å². The zero-order chi connectivity index (χ0) is 19.8. The summed E-state index contributed by atoms with van der Waals surface area (Å²) < 4.78 is 1.14. The molecule has 2 rings (SSSR count). The smallest absolute Gasteiger partial charge is 0.358 e. The molecule has 0 aliphatic carbocycles. The molecule has 0 fully saturated rings. The molecule has 1 heterocycles. The monoisotopic (exact) mass is 373 g/mol. The maximum Gasteiger partial charge on any atom is 0.358 e. The minimum atomic E-state index is -1.21. The number of benzene rings is 1. The van der Waals surface area contributed by atoms with Gasteiger partial charge in [0.05, 0.1) is 6.20 Å². The quantitative estimate of drug-likeness (QED) is 0.693. The minimum Gasteiger partial charge on any atom is -0.476 e. The number of hydrogen-bond donors (Lipinski definition) is 2. The average Bonchev–Trinajstić information content (AvgIpc) is 3.10. The van der Waals surface area contributed by atoms with Crippen LogP contribution >= 0.6 is 0 Å². The molecule has 2 aromatic rings. The molecule has 2 N–H and O–H groups in total.